The van der Waals surface area contributed by atoms with Gasteiger partial charge < -0.3 is 5.73 Å². The van der Waals surface area contributed by atoms with E-state index in [9.17, 15) is 8.78 Å². The van der Waals surface area contributed by atoms with Crippen molar-refractivity contribution < 1.29 is 8.78 Å². The standard InChI is InChI=1S/C11H15F2NS/c12-11(13)10(14)6-7-15-8-9-4-2-1-3-5-9/h1-5,10-11H,6-8,14H2. The number of rotatable bonds is 6. The highest BCUT2D eigenvalue weighted by Crippen LogP contribution is 2.14. The second-order valence-electron chi connectivity index (χ2n) is 3.33. The largest absolute Gasteiger partial charge is 0.323 e. The van der Waals surface area contributed by atoms with Crippen LogP contribution >= 0.6 is 11.8 Å². The van der Waals surface area contributed by atoms with E-state index in [1.54, 1.807) is 11.8 Å². The number of benzene rings is 1. The van der Waals surface area contributed by atoms with Gasteiger partial charge >= 0.3 is 0 Å². The van der Waals surface area contributed by atoms with Crippen LogP contribution in [0.4, 0.5) is 8.78 Å². The Balaban J connectivity index is 2.12. The van der Waals surface area contributed by atoms with Crippen LogP contribution in [-0.4, -0.2) is 18.2 Å². The van der Waals surface area contributed by atoms with Crippen molar-refractivity contribution in [1.82, 2.24) is 0 Å². The summed E-state index contributed by atoms with van der Waals surface area (Å²) in [6.45, 7) is 0. The zero-order valence-corrected chi connectivity index (χ0v) is 9.22. The fourth-order valence-electron chi connectivity index (χ4n) is 1.11. The number of hydrogen-bond donors (Lipinski definition) is 1. The van der Waals surface area contributed by atoms with E-state index in [0.29, 0.717) is 12.2 Å². The lowest BCUT2D eigenvalue weighted by Gasteiger charge is -2.09. The maximum atomic E-state index is 12.0. The first-order chi connectivity index (χ1) is 7.20. The average Bonchev–Trinajstić information content (AvgIpc) is 2.25. The Kier molecular flexibility index (Phi) is 5.65. The van der Waals surface area contributed by atoms with Gasteiger partial charge in [0, 0.05) is 5.75 Å². The lowest BCUT2D eigenvalue weighted by Crippen LogP contribution is -2.29. The summed E-state index contributed by atoms with van der Waals surface area (Å²) in [4.78, 5) is 0. The van der Waals surface area contributed by atoms with Crippen LogP contribution in [0.25, 0.3) is 0 Å². The van der Waals surface area contributed by atoms with Gasteiger partial charge in [0.2, 0.25) is 0 Å². The first-order valence-corrected chi connectivity index (χ1v) is 6.01. The summed E-state index contributed by atoms with van der Waals surface area (Å²) in [5.41, 5.74) is 6.45. The fourth-order valence-corrected chi connectivity index (χ4v) is 2.12. The Morgan fingerprint density at radius 1 is 1.20 bits per heavy atom. The number of halogens is 2. The fraction of sp³-hybridized carbons (Fsp3) is 0.455. The highest BCUT2D eigenvalue weighted by atomic mass is 32.2. The van der Waals surface area contributed by atoms with Crippen LogP contribution < -0.4 is 5.73 Å². The summed E-state index contributed by atoms with van der Waals surface area (Å²) in [6, 6.07) is 8.98. The highest BCUT2D eigenvalue weighted by molar-refractivity contribution is 7.98. The lowest BCUT2D eigenvalue weighted by molar-refractivity contribution is 0.115. The van der Waals surface area contributed by atoms with Crippen LogP contribution in [0.15, 0.2) is 30.3 Å². The third-order valence-electron chi connectivity index (χ3n) is 2.03. The first kappa shape index (κ1) is 12.5. The molecule has 1 atom stereocenters. The molecule has 0 aliphatic heterocycles. The highest BCUT2D eigenvalue weighted by Gasteiger charge is 2.13. The Bertz CT molecular complexity index is 267. The molecule has 1 aromatic carbocycles. The van der Waals surface area contributed by atoms with Gasteiger partial charge in [-0.2, -0.15) is 11.8 Å². The number of thioether (sulfide) groups is 1. The maximum absolute atomic E-state index is 12.0. The maximum Gasteiger partial charge on any atom is 0.253 e. The van der Waals surface area contributed by atoms with Crippen LogP contribution in [0, 0.1) is 0 Å². The molecule has 0 aromatic heterocycles. The molecule has 1 nitrogen and oxygen atoms in total. The van der Waals surface area contributed by atoms with Gasteiger partial charge in [-0.25, -0.2) is 8.78 Å². The Morgan fingerprint density at radius 3 is 2.47 bits per heavy atom. The molecule has 15 heavy (non-hydrogen) atoms. The number of hydrogen-bond acceptors (Lipinski definition) is 2. The molecule has 0 bridgehead atoms. The molecular formula is C11H15F2NS. The predicted octanol–water partition coefficient (Wildman–Crippen LogP) is 2.90. The third-order valence-corrected chi connectivity index (χ3v) is 3.09. The summed E-state index contributed by atoms with van der Waals surface area (Å²) in [7, 11) is 0. The van der Waals surface area contributed by atoms with Crippen LogP contribution in [0.5, 0.6) is 0 Å². The molecule has 4 heteroatoms. The van der Waals surface area contributed by atoms with Crippen molar-refractivity contribution in [2.45, 2.75) is 24.6 Å². The normalized spacial score (nSPS) is 13.1. The quantitative estimate of drug-likeness (QED) is 0.762. The van der Waals surface area contributed by atoms with Crippen molar-refractivity contribution in [3.05, 3.63) is 35.9 Å². The van der Waals surface area contributed by atoms with E-state index < -0.39 is 12.5 Å². The van der Waals surface area contributed by atoms with E-state index in [1.165, 1.54) is 5.56 Å². The van der Waals surface area contributed by atoms with Gasteiger partial charge in [0.25, 0.3) is 6.43 Å². The molecule has 0 saturated heterocycles. The second-order valence-corrected chi connectivity index (χ2v) is 4.43. The summed E-state index contributed by atoms with van der Waals surface area (Å²) < 4.78 is 24.1. The molecule has 0 radical (unpaired) electrons. The number of nitrogens with two attached hydrogens (primary N) is 1. The van der Waals surface area contributed by atoms with Gasteiger partial charge in [-0.1, -0.05) is 30.3 Å². The van der Waals surface area contributed by atoms with Gasteiger partial charge in [0.05, 0.1) is 6.04 Å². The van der Waals surface area contributed by atoms with Crippen molar-refractivity contribution >= 4 is 11.8 Å². The van der Waals surface area contributed by atoms with Gasteiger partial charge in [0.1, 0.15) is 0 Å². The van der Waals surface area contributed by atoms with Crippen LogP contribution in [0.3, 0.4) is 0 Å². The smallest absolute Gasteiger partial charge is 0.253 e. The van der Waals surface area contributed by atoms with Crippen LogP contribution in [0.2, 0.25) is 0 Å². The summed E-state index contributed by atoms with van der Waals surface area (Å²) >= 11 is 1.64. The van der Waals surface area contributed by atoms with E-state index in [-0.39, 0.29) is 0 Å². The van der Waals surface area contributed by atoms with Crippen molar-refractivity contribution in [2.24, 2.45) is 5.73 Å². The minimum absolute atomic E-state index is 0.370. The van der Waals surface area contributed by atoms with Gasteiger partial charge in [-0.05, 0) is 17.7 Å². The molecule has 0 aliphatic rings. The SMILES string of the molecule is NC(CCSCc1ccccc1)C(F)F. The Morgan fingerprint density at radius 2 is 1.87 bits per heavy atom. The number of alkyl halides is 2. The topological polar surface area (TPSA) is 26.0 Å². The van der Waals surface area contributed by atoms with Crippen LogP contribution in [0.1, 0.15) is 12.0 Å². The van der Waals surface area contributed by atoms with E-state index in [4.69, 9.17) is 5.73 Å². The molecule has 0 fully saturated rings. The van der Waals surface area contributed by atoms with Gasteiger partial charge in [-0.3, -0.25) is 0 Å². The second kappa shape index (κ2) is 6.80. The predicted molar refractivity (Wildman–Crippen MR) is 61.2 cm³/mol. The van der Waals surface area contributed by atoms with Crippen molar-refractivity contribution in [1.29, 1.82) is 0 Å². The van der Waals surface area contributed by atoms with Crippen molar-refractivity contribution in [3.63, 3.8) is 0 Å². The Labute approximate surface area is 93.1 Å². The molecule has 84 valence electrons. The zero-order valence-electron chi connectivity index (χ0n) is 8.40. The molecular weight excluding hydrogens is 216 g/mol. The van der Waals surface area contributed by atoms with Crippen molar-refractivity contribution in [3.8, 4) is 0 Å². The third kappa shape index (κ3) is 5.14. The molecule has 0 saturated carbocycles. The monoisotopic (exact) mass is 231 g/mol. The van der Waals surface area contributed by atoms with E-state index in [1.807, 2.05) is 30.3 Å². The van der Waals surface area contributed by atoms with Gasteiger partial charge in [0.15, 0.2) is 0 Å². The van der Waals surface area contributed by atoms with E-state index >= 15 is 0 Å². The summed E-state index contributed by atoms with van der Waals surface area (Å²) in [5.74, 6) is 1.54. The lowest BCUT2D eigenvalue weighted by atomic mass is 10.2. The molecule has 0 spiro atoms. The minimum Gasteiger partial charge on any atom is -0.323 e. The van der Waals surface area contributed by atoms with Crippen LogP contribution in [-0.2, 0) is 5.75 Å². The molecule has 1 unspecified atom stereocenters. The zero-order chi connectivity index (χ0) is 11.1. The van der Waals surface area contributed by atoms with Crippen molar-refractivity contribution in [2.75, 3.05) is 5.75 Å². The van der Waals surface area contributed by atoms with Gasteiger partial charge in [-0.15, -0.1) is 0 Å². The molecule has 1 aromatic rings. The average molecular weight is 231 g/mol. The molecule has 2 N–H and O–H groups in total. The van der Waals surface area contributed by atoms with E-state index in [2.05, 4.69) is 0 Å². The Hall–Kier alpha value is -0.610. The summed E-state index contributed by atoms with van der Waals surface area (Å²) in [6.07, 6.45) is -2.03. The minimum atomic E-state index is -2.40. The first-order valence-electron chi connectivity index (χ1n) is 4.85. The molecule has 0 aliphatic carbocycles. The molecule has 1 rings (SSSR count). The summed E-state index contributed by atoms with van der Waals surface area (Å²) in [5, 5.41) is 0. The van der Waals surface area contributed by atoms with E-state index in [0.717, 1.165) is 5.75 Å². The molecule has 0 heterocycles. The molecule has 0 amide bonds.